The smallest absolute Gasteiger partial charge is 0.110 e. The van der Waals surface area contributed by atoms with Gasteiger partial charge in [-0.15, -0.1) is 11.3 Å². The van der Waals surface area contributed by atoms with Crippen LogP contribution in [0, 0.1) is 11.3 Å². The average Bonchev–Trinajstić information content (AvgIpc) is 2.85. The quantitative estimate of drug-likeness (QED) is 0.875. The van der Waals surface area contributed by atoms with Crippen molar-refractivity contribution in [3.8, 4) is 6.07 Å². The zero-order valence-electron chi connectivity index (χ0n) is 9.62. The van der Waals surface area contributed by atoms with Crippen molar-refractivity contribution in [2.75, 3.05) is 6.61 Å². The Labute approximate surface area is 100 Å². The molecule has 0 amide bonds. The van der Waals surface area contributed by atoms with Gasteiger partial charge in [-0.1, -0.05) is 0 Å². The van der Waals surface area contributed by atoms with Crippen molar-refractivity contribution in [3.05, 3.63) is 21.9 Å². The van der Waals surface area contributed by atoms with Crippen LogP contribution in [0.25, 0.3) is 0 Å². The Morgan fingerprint density at radius 1 is 1.69 bits per heavy atom. The van der Waals surface area contributed by atoms with Gasteiger partial charge in [-0.3, -0.25) is 0 Å². The molecule has 3 nitrogen and oxygen atoms in total. The van der Waals surface area contributed by atoms with E-state index in [0.29, 0.717) is 0 Å². The molecule has 2 rings (SSSR count). The van der Waals surface area contributed by atoms with E-state index in [1.165, 1.54) is 4.88 Å². The largest absolute Gasteiger partial charge is 0.377 e. The second-order valence-electron chi connectivity index (χ2n) is 4.41. The molecule has 86 valence electrons. The molecule has 0 aliphatic carbocycles. The van der Waals surface area contributed by atoms with Crippen LogP contribution in [-0.4, -0.2) is 18.2 Å². The maximum absolute atomic E-state index is 8.74. The summed E-state index contributed by atoms with van der Waals surface area (Å²) in [7, 11) is 0. The van der Waals surface area contributed by atoms with Gasteiger partial charge in [0.1, 0.15) is 10.9 Å². The molecule has 4 heteroatoms. The van der Waals surface area contributed by atoms with E-state index in [2.05, 4.69) is 25.2 Å². The van der Waals surface area contributed by atoms with Crippen LogP contribution in [0.2, 0.25) is 0 Å². The first-order valence-electron chi connectivity index (χ1n) is 5.49. The molecular weight excluding hydrogens is 220 g/mol. The third kappa shape index (κ3) is 2.27. The van der Waals surface area contributed by atoms with Gasteiger partial charge in [0.2, 0.25) is 0 Å². The Morgan fingerprint density at radius 3 is 3.06 bits per heavy atom. The molecule has 1 aliphatic rings. The molecule has 0 radical (unpaired) electrons. The van der Waals surface area contributed by atoms with Gasteiger partial charge in [0.25, 0.3) is 0 Å². The number of rotatable bonds is 3. The van der Waals surface area contributed by atoms with Crippen molar-refractivity contribution in [2.45, 2.75) is 38.5 Å². The summed E-state index contributed by atoms with van der Waals surface area (Å²) in [5.41, 5.74) is 0.0663. The molecular formula is C12H16N2OS. The number of thiophene rings is 1. The standard InChI is InChI=1S/C12H16N2OS/c1-9-12(2,5-6-15-9)14-8-11-4-3-10(7-13)16-11/h3-4,9,14H,5-6,8H2,1-2H3. The number of ether oxygens (including phenoxy) is 1. The van der Waals surface area contributed by atoms with E-state index in [1.54, 1.807) is 11.3 Å². The minimum absolute atomic E-state index is 0.0663. The van der Waals surface area contributed by atoms with Gasteiger partial charge >= 0.3 is 0 Å². The van der Waals surface area contributed by atoms with Crippen LogP contribution in [0.4, 0.5) is 0 Å². The number of nitrogens with zero attached hydrogens (tertiary/aromatic N) is 1. The molecule has 16 heavy (non-hydrogen) atoms. The van der Waals surface area contributed by atoms with Crippen molar-refractivity contribution in [1.29, 1.82) is 5.26 Å². The summed E-state index contributed by atoms with van der Waals surface area (Å²) in [4.78, 5) is 1.98. The monoisotopic (exact) mass is 236 g/mol. The van der Waals surface area contributed by atoms with Gasteiger partial charge in [-0.05, 0) is 32.4 Å². The van der Waals surface area contributed by atoms with Gasteiger partial charge in [0.15, 0.2) is 0 Å². The molecule has 0 spiro atoms. The Morgan fingerprint density at radius 2 is 2.50 bits per heavy atom. The third-order valence-electron chi connectivity index (χ3n) is 3.32. The first-order valence-corrected chi connectivity index (χ1v) is 6.31. The van der Waals surface area contributed by atoms with E-state index < -0.39 is 0 Å². The molecule has 1 aromatic rings. The van der Waals surface area contributed by atoms with Gasteiger partial charge in [0.05, 0.1) is 6.10 Å². The van der Waals surface area contributed by atoms with Crippen LogP contribution in [0.15, 0.2) is 12.1 Å². The van der Waals surface area contributed by atoms with Crippen LogP contribution >= 0.6 is 11.3 Å². The summed E-state index contributed by atoms with van der Waals surface area (Å²) < 4.78 is 5.57. The zero-order valence-corrected chi connectivity index (χ0v) is 10.4. The van der Waals surface area contributed by atoms with E-state index in [1.807, 2.05) is 12.1 Å². The van der Waals surface area contributed by atoms with E-state index >= 15 is 0 Å². The highest BCUT2D eigenvalue weighted by atomic mass is 32.1. The van der Waals surface area contributed by atoms with Crippen molar-refractivity contribution >= 4 is 11.3 Å². The van der Waals surface area contributed by atoms with Gasteiger partial charge in [0, 0.05) is 23.6 Å². The molecule has 2 atom stereocenters. The second-order valence-corrected chi connectivity index (χ2v) is 5.58. The third-order valence-corrected chi connectivity index (χ3v) is 4.31. The van der Waals surface area contributed by atoms with E-state index in [-0.39, 0.29) is 11.6 Å². The number of nitriles is 1. The molecule has 0 bridgehead atoms. The summed E-state index contributed by atoms with van der Waals surface area (Å²) >= 11 is 1.55. The van der Waals surface area contributed by atoms with Gasteiger partial charge in [-0.25, -0.2) is 0 Å². The molecule has 1 aliphatic heterocycles. The lowest BCUT2D eigenvalue weighted by atomic mass is 9.95. The molecule has 0 saturated carbocycles. The molecule has 1 N–H and O–H groups in total. The van der Waals surface area contributed by atoms with Crippen molar-refractivity contribution in [2.24, 2.45) is 0 Å². The van der Waals surface area contributed by atoms with Crippen LogP contribution in [-0.2, 0) is 11.3 Å². The topological polar surface area (TPSA) is 45.0 Å². The molecule has 2 heterocycles. The maximum atomic E-state index is 8.74. The van der Waals surface area contributed by atoms with E-state index in [0.717, 1.165) is 24.4 Å². The number of nitrogens with one attached hydrogen (secondary N) is 1. The number of hydrogen-bond donors (Lipinski definition) is 1. The molecule has 1 fully saturated rings. The molecule has 1 aromatic heterocycles. The maximum Gasteiger partial charge on any atom is 0.110 e. The SMILES string of the molecule is CC1OCCC1(C)NCc1ccc(C#N)s1. The van der Waals surface area contributed by atoms with Crippen LogP contribution in [0.3, 0.4) is 0 Å². The lowest BCUT2D eigenvalue weighted by Crippen LogP contribution is -2.47. The van der Waals surface area contributed by atoms with E-state index in [4.69, 9.17) is 10.00 Å². The fourth-order valence-electron chi connectivity index (χ4n) is 1.89. The summed E-state index contributed by atoms with van der Waals surface area (Å²) in [6.07, 6.45) is 1.30. The van der Waals surface area contributed by atoms with Gasteiger partial charge in [-0.2, -0.15) is 5.26 Å². The normalized spacial score (nSPS) is 29.2. The summed E-state index contributed by atoms with van der Waals surface area (Å²) in [5.74, 6) is 0. The fourth-order valence-corrected chi connectivity index (χ4v) is 2.63. The molecule has 1 saturated heterocycles. The average molecular weight is 236 g/mol. The summed E-state index contributed by atoms with van der Waals surface area (Å²) in [6.45, 7) is 5.95. The summed E-state index contributed by atoms with van der Waals surface area (Å²) in [6, 6.07) is 6.05. The fraction of sp³-hybridized carbons (Fsp3) is 0.583. The highest BCUT2D eigenvalue weighted by Gasteiger charge is 2.36. The second kappa shape index (κ2) is 4.54. The lowest BCUT2D eigenvalue weighted by molar-refractivity contribution is 0.0882. The van der Waals surface area contributed by atoms with Crippen LogP contribution < -0.4 is 5.32 Å². The Kier molecular flexibility index (Phi) is 3.29. The van der Waals surface area contributed by atoms with E-state index in [9.17, 15) is 0 Å². The minimum Gasteiger partial charge on any atom is -0.377 e. The molecule has 2 unspecified atom stereocenters. The molecule has 0 aromatic carbocycles. The first kappa shape index (κ1) is 11.6. The minimum atomic E-state index is 0.0663. The first-order chi connectivity index (χ1) is 7.64. The zero-order chi connectivity index (χ0) is 11.6. The van der Waals surface area contributed by atoms with Crippen molar-refractivity contribution in [3.63, 3.8) is 0 Å². The van der Waals surface area contributed by atoms with Crippen LogP contribution in [0.5, 0.6) is 0 Å². The Balaban J connectivity index is 1.94. The lowest BCUT2D eigenvalue weighted by Gasteiger charge is -2.28. The highest BCUT2D eigenvalue weighted by Crippen LogP contribution is 2.26. The highest BCUT2D eigenvalue weighted by molar-refractivity contribution is 7.12. The predicted molar refractivity (Wildman–Crippen MR) is 64.3 cm³/mol. The Bertz CT molecular complexity index is 409. The predicted octanol–water partition coefficient (Wildman–Crippen LogP) is 2.28. The van der Waals surface area contributed by atoms with Crippen molar-refractivity contribution in [1.82, 2.24) is 5.32 Å². The summed E-state index contributed by atoms with van der Waals surface area (Å²) in [5, 5.41) is 12.3. The Hall–Kier alpha value is -0.890. The number of hydrogen-bond acceptors (Lipinski definition) is 4. The van der Waals surface area contributed by atoms with Crippen LogP contribution in [0.1, 0.15) is 30.0 Å². The van der Waals surface area contributed by atoms with Gasteiger partial charge < -0.3 is 10.1 Å². The van der Waals surface area contributed by atoms with Crippen molar-refractivity contribution < 1.29 is 4.74 Å².